The van der Waals surface area contributed by atoms with Crippen LogP contribution in [0.5, 0.6) is 0 Å². The lowest BCUT2D eigenvalue weighted by atomic mass is 9.75. The molecule has 1 fully saturated rings. The highest BCUT2D eigenvalue weighted by atomic mass is 35.5. The standard InChI is InChI=1S/C16H19Cl3N2/c1-16(2)5-3-10(4-6-16)21-14-8-12(19)11(18)7-13(14)20-15(21)9-17/h7-8,10H,3-6,9H2,1-2H3. The van der Waals surface area contributed by atoms with E-state index < -0.39 is 0 Å². The third kappa shape index (κ3) is 2.91. The first-order valence-corrected chi connectivity index (χ1v) is 8.62. The lowest BCUT2D eigenvalue weighted by molar-refractivity contribution is 0.194. The normalized spacial score (nSPS) is 19.3. The highest BCUT2D eigenvalue weighted by Crippen LogP contribution is 2.42. The number of rotatable bonds is 2. The van der Waals surface area contributed by atoms with Gasteiger partial charge in [-0.05, 0) is 43.2 Å². The predicted molar refractivity (Wildman–Crippen MR) is 90.6 cm³/mol. The minimum Gasteiger partial charge on any atom is -0.324 e. The molecule has 0 radical (unpaired) electrons. The molecule has 1 aromatic heterocycles. The van der Waals surface area contributed by atoms with E-state index in [0.717, 1.165) is 29.7 Å². The molecule has 21 heavy (non-hydrogen) atoms. The molecule has 1 aromatic carbocycles. The molecule has 1 aliphatic carbocycles. The van der Waals surface area contributed by atoms with Gasteiger partial charge >= 0.3 is 0 Å². The summed E-state index contributed by atoms with van der Waals surface area (Å²) in [5.74, 6) is 1.32. The van der Waals surface area contributed by atoms with Gasteiger partial charge in [0, 0.05) is 6.04 Å². The van der Waals surface area contributed by atoms with Crippen molar-refractivity contribution < 1.29 is 0 Å². The van der Waals surface area contributed by atoms with Gasteiger partial charge in [-0.15, -0.1) is 11.6 Å². The van der Waals surface area contributed by atoms with Gasteiger partial charge in [-0.1, -0.05) is 37.0 Å². The van der Waals surface area contributed by atoms with Crippen LogP contribution >= 0.6 is 34.8 Å². The van der Waals surface area contributed by atoms with Crippen LogP contribution in [0.2, 0.25) is 10.0 Å². The maximum absolute atomic E-state index is 6.19. The van der Waals surface area contributed by atoms with Crippen LogP contribution in [0.25, 0.3) is 11.0 Å². The molecule has 0 bridgehead atoms. The van der Waals surface area contributed by atoms with Crippen molar-refractivity contribution in [2.24, 2.45) is 5.41 Å². The van der Waals surface area contributed by atoms with E-state index in [-0.39, 0.29) is 0 Å². The molecular formula is C16H19Cl3N2. The minimum absolute atomic E-state index is 0.407. The minimum atomic E-state index is 0.407. The Bertz CT molecular complexity index is 666. The first-order valence-electron chi connectivity index (χ1n) is 7.33. The van der Waals surface area contributed by atoms with Gasteiger partial charge in [0.25, 0.3) is 0 Å². The van der Waals surface area contributed by atoms with Crippen LogP contribution in [0.4, 0.5) is 0 Å². The number of benzene rings is 1. The van der Waals surface area contributed by atoms with E-state index in [0.29, 0.717) is 27.4 Å². The van der Waals surface area contributed by atoms with Crippen molar-refractivity contribution in [1.82, 2.24) is 9.55 Å². The van der Waals surface area contributed by atoms with Crippen molar-refractivity contribution in [3.63, 3.8) is 0 Å². The Labute approximate surface area is 140 Å². The maximum atomic E-state index is 6.19. The number of hydrogen-bond acceptors (Lipinski definition) is 1. The van der Waals surface area contributed by atoms with E-state index in [2.05, 4.69) is 23.4 Å². The average molecular weight is 346 g/mol. The van der Waals surface area contributed by atoms with Crippen LogP contribution in [-0.2, 0) is 5.88 Å². The summed E-state index contributed by atoms with van der Waals surface area (Å²) in [6.45, 7) is 4.68. The van der Waals surface area contributed by atoms with Crippen LogP contribution in [0.3, 0.4) is 0 Å². The number of alkyl halides is 1. The first kappa shape index (κ1) is 15.5. The fourth-order valence-corrected chi connectivity index (χ4v) is 3.79. The lowest BCUT2D eigenvalue weighted by Gasteiger charge is -2.35. The lowest BCUT2D eigenvalue weighted by Crippen LogP contribution is -2.24. The van der Waals surface area contributed by atoms with Gasteiger partial charge in [-0.3, -0.25) is 0 Å². The highest BCUT2D eigenvalue weighted by Gasteiger charge is 2.29. The second-order valence-corrected chi connectivity index (χ2v) is 7.76. The summed E-state index contributed by atoms with van der Waals surface area (Å²) in [5.41, 5.74) is 2.37. The Balaban J connectivity index is 2.06. The molecule has 114 valence electrons. The Kier molecular flexibility index (Phi) is 4.15. The van der Waals surface area contributed by atoms with Gasteiger partial charge in [0.15, 0.2) is 0 Å². The van der Waals surface area contributed by atoms with E-state index in [9.17, 15) is 0 Å². The van der Waals surface area contributed by atoms with Crippen molar-refractivity contribution in [1.29, 1.82) is 0 Å². The molecule has 2 nitrogen and oxygen atoms in total. The molecular weight excluding hydrogens is 327 g/mol. The molecule has 1 saturated carbocycles. The van der Waals surface area contributed by atoms with Crippen molar-refractivity contribution in [2.75, 3.05) is 0 Å². The zero-order valence-corrected chi connectivity index (χ0v) is 14.6. The molecule has 5 heteroatoms. The van der Waals surface area contributed by atoms with Gasteiger partial charge < -0.3 is 4.57 Å². The molecule has 1 heterocycles. The third-order valence-corrected chi connectivity index (χ3v) is 5.56. The van der Waals surface area contributed by atoms with Crippen LogP contribution < -0.4 is 0 Å². The molecule has 0 aliphatic heterocycles. The van der Waals surface area contributed by atoms with Crippen molar-refractivity contribution in [3.8, 4) is 0 Å². The molecule has 0 N–H and O–H groups in total. The predicted octanol–water partition coefficient (Wildman–Crippen LogP) is 6.22. The third-order valence-electron chi connectivity index (χ3n) is 4.60. The number of halogens is 3. The van der Waals surface area contributed by atoms with Crippen LogP contribution in [0.1, 0.15) is 51.4 Å². The molecule has 0 atom stereocenters. The largest absolute Gasteiger partial charge is 0.324 e. The summed E-state index contributed by atoms with van der Waals surface area (Å²) in [5, 5.41) is 1.11. The Morgan fingerprint density at radius 3 is 2.43 bits per heavy atom. The summed E-state index contributed by atoms with van der Waals surface area (Å²) < 4.78 is 2.28. The fraction of sp³-hybridized carbons (Fsp3) is 0.562. The number of nitrogens with zero attached hydrogens (tertiary/aromatic N) is 2. The van der Waals surface area contributed by atoms with Gasteiger partial charge in [-0.2, -0.15) is 0 Å². The highest BCUT2D eigenvalue weighted by molar-refractivity contribution is 6.42. The summed E-state index contributed by atoms with van der Waals surface area (Å²) in [6.07, 6.45) is 4.76. The summed E-state index contributed by atoms with van der Waals surface area (Å²) in [4.78, 5) is 4.63. The van der Waals surface area contributed by atoms with Crippen LogP contribution in [0.15, 0.2) is 12.1 Å². The number of aromatic nitrogens is 2. The quantitative estimate of drug-likeness (QED) is 0.590. The molecule has 0 spiro atoms. The van der Waals surface area contributed by atoms with E-state index in [1.54, 1.807) is 0 Å². The van der Waals surface area contributed by atoms with Crippen molar-refractivity contribution >= 4 is 45.8 Å². The van der Waals surface area contributed by atoms with Gasteiger partial charge in [0.1, 0.15) is 5.82 Å². The van der Waals surface area contributed by atoms with E-state index in [1.807, 2.05) is 12.1 Å². The smallest absolute Gasteiger partial charge is 0.125 e. The number of fused-ring (bicyclic) bond motifs is 1. The molecule has 2 aromatic rings. The average Bonchev–Trinajstić information content (AvgIpc) is 2.77. The zero-order valence-electron chi connectivity index (χ0n) is 12.3. The zero-order chi connectivity index (χ0) is 15.2. The Morgan fingerprint density at radius 2 is 1.81 bits per heavy atom. The molecule has 0 saturated heterocycles. The number of hydrogen-bond donors (Lipinski definition) is 0. The topological polar surface area (TPSA) is 17.8 Å². The van der Waals surface area contributed by atoms with E-state index in [4.69, 9.17) is 34.8 Å². The van der Waals surface area contributed by atoms with Crippen molar-refractivity contribution in [3.05, 3.63) is 28.0 Å². The summed E-state index contributed by atoms with van der Waals surface area (Å²) >= 11 is 18.4. The maximum Gasteiger partial charge on any atom is 0.125 e. The van der Waals surface area contributed by atoms with Gasteiger partial charge in [0.2, 0.25) is 0 Å². The van der Waals surface area contributed by atoms with E-state index in [1.165, 1.54) is 12.8 Å². The van der Waals surface area contributed by atoms with Crippen molar-refractivity contribution in [2.45, 2.75) is 51.5 Å². The molecule has 0 unspecified atom stereocenters. The molecule has 3 rings (SSSR count). The van der Waals surface area contributed by atoms with Gasteiger partial charge in [-0.25, -0.2) is 4.98 Å². The van der Waals surface area contributed by atoms with Gasteiger partial charge in [0.05, 0.1) is 27.0 Å². The monoisotopic (exact) mass is 344 g/mol. The summed E-state index contributed by atoms with van der Waals surface area (Å²) in [7, 11) is 0. The number of imidazole rings is 1. The Hall–Kier alpha value is -0.440. The van der Waals surface area contributed by atoms with Crippen LogP contribution in [-0.4, -0.2) is 9.55 Å². The molecule has 1 aliphatic rings. The first-order chi connectivity index (χ1) is 9.91. The SMILES string of the molecule is CC1(C)CCC(n2c(CCl)nc3cc(Cl)c(Cl)cc32)CC1. The molecule has 0 amide bonds. The summed E-state index contributed by atoms with van der Waals surface area (Å²) in [6, 6.07) is 4.20. The van der Waals surface area contributed by atoms with Crippen LogP contribution in [0, 0.1) is 5.41 Å². The fourth-order valence-electron chi connectivity index (χ4n) is 3.28. The second kappa shape index (κ2) is 5.64. The second-order valence-electron chi connectivity index (χ2n) is 6.68. The Morgan fingerprint density at radius 1 is 1.19 bits per heavy atom. The van der Waals surface area contributed by atoms with E-state index >= 15 is 0 Å².